The molecule has 2 fully saturated rings. The average molecular weight is 337 g/mol. The van der Waals surface area contributed by atoms with Gasteiger partial charge in [-0.15, -0.1) is 11.3 Å². The minimum Gasteiger partial charge on any atom is -0.389 e. The van der Waals surface area contributed by atoms with Crippen molar-refractivity contribution in [1.82, 2.24) is 10.2 Å². The zero-order chi connectivity index (χ0) is 16.1. The maximum absolute atomic E-state index is 12.0. The molecule has 4 nitrogen and oxygen atoms in total. The van der Waals surface area contributed by atoms with E-state index < -0.39 is 5.60 Å². The van der Waals surface area contributed by atoms with E-state index in [9.17, 15) is 9.90 Å². The number of rotatable bonds is 6. The quantitative estimate of drug-likeness (QED) is 0.840. The van der Waals surface area contributed by atoms with E-state index >= 15 is 0 Å². The molecule has 1 aromatic heterocycles. The second kappa shape index (κ2) is 7.77. The highest BCUT2D eigenvalue weighted by Gasteiger charge is 2.33. The Balaban J connectivity index is 1.33. The lowest BCUT2D eigenvalue weighted by molar-refractivity contribution is -0.126. The Morgan fingerprint density at radius 2 is 2.09 bits per heavy atom. The first-order valence-electron chi connectivity index (χ1n) is 8.87. The fourth-order valence-corrected chi connectivity index (χ4v) is 4.55. The van der Waals surface area contributed by atoms with Gasteiger partial charge in [0.2, 0.25) is 5.91 Å². The number of nitrogens with one attached hydrogen (secondary N) is 1. The highest BCUT2D eigenvalue weighted by molar-refractivity contribution is 7.09. The molecule has 3 rings (SSSR count). The third-order valence-electron chi connectivity index (χ3n) is 5.28. The van der Waals surface area contributed by atoms with E-state index in [2.05, 4.69) is 27.7 Å². The maximum Gasteiger partial charge on any atom is 0.222 e. The summed E-state index contributed by atoms with van der Waals surface area (Å²) >= 11 is 1.82. The van der Waals surface area contributed by atoms with Crippen molar-refractivity contribution in [2.75, 3.05) is 19.6 Å². The van der Waals surface area contributed by atoms with Crippen LogP contribution < -0.4 is 5.32 Å². The Bertz CT molecular complexity index is 489. The highest BCUT2D eigenvalue weighted by Crippen LogP contribution is 2.32. The zero-order valence-electron chi connectivity index (χ0n) is 13.8. The van der Waals surface area contributed by atoms with Gasteiger partial charge >= 0.3 is 0 Å². The summed E-state index contributed by atoms with van der Waals surface area (Å²) < 4.78 is 0. The number of hydrogen-bond acceptors (Lipinski definition) is 4. The first-order chi connectivity index (χ1) is 11.1. The van der Waals surface area contributed by atoms with E-state index in [-0.39, 0.29) is 12.3 Å². The molecule has 1 aromatic rings. The van der Waals surface area contributed by atoms with Gasteiger partial charge < -0.3 is 10.4 Å². The van der Waals surface area contributed by atoms with Crippen molar-refractivity contribution in [3.8, 4) is 0 Å². The molecule has 0 spiro atoms. The third kappa shape index (κ3) is 5.03. The fourth-order valence-electron chi connectivity index (χ4n) is 3.80. The molecular weight excluding hydrogens is 308 g/mol. The number of carbonyl (C=O) groups is 1. The molecule has 0 radical (unpaired) electrons. The van der Waals surface area contributed by atoms with Crippen LogP contribution >= 0.6 is 11.3 Å². The average Bonchev–Trinajstić information content (AvgIpc) is 3.18. The molecule has 0 aromatic carbocycles. The van der Waals surface area contributed by atoms with Gasteiger partial charge in [0.25, 0.3) is 0 Å². The molecule has 2 heterocycles. The minimum absolute atomic E-state index is 0.0235. The van der Waals surface area contributed by atoms with E-state index in [0.717, 1.165) is 64.7 Å². The fraction of sp³-hybridized carbons (Fsp3) is 0.722. The number of hydrogen-bond donors (Lipinski definition) is 2. The lowest BCUT2D eigenvalue weighted by Gasteiger charge is -2.32. The lowest BCUT2D eigenvalue weighted by Crippen LogP contribution is -2.40. The van der Waals surface area contributed by atoms with Gasteiger partial charge in [0.05, 0.1) is 12.0 Å². The normalized spacial score (nSPS) is 22.3. The van der Waals surface area contributed by atoms with Crippen molar-refractivity contribution in [2.24, 2.45) is 5.92 Å². The number of amides is 1. The number of aliphatic hydroxyl groups is 1. The molecule has 23 heavy (non-hydrogen) atoms. The van der Waals surface area contributed by atoms with Gasteiger partial charge in [-0.25, -0.2) is 0 Å². The molecule has 1 saturated carbocycles. The van der Waals surface area contributed by atoms with Gasteiger partial charge in [-0.1, -0.05) is 18.9 Å². The predicted octanol–water partition coefficient (Wildman–Crippen LogP) is 2.77. The third-order valence-corrected chi connectivity index (χ3v) is 6.14. The summed E-state index contributed by atoms with van der Waals surface area (Å²) in [5, 5.41) is 15.5. The molecule has 0 bridgehead atoms. The molecule has 1 amide bonds. The van der Waals surface area contributed by atoms with Crippen molar-refractivity contribution in [1.29, 1.82) is 0 Å². The number of thiophene rings is 1. The summed E-state index contributed by atoms with van der Waals surface area (Å²) in [4.78, 5) is 16.0. The lowest BCUT2D eigenvalue weighted by atomic mass is 9.95. The first-order valence-corrected chi connectivity index (χ1v) is 9.75. The van der Waals surface area contributed by atoms with Gasteiger partial charge in [-0.2, -0.15) is 0 Å². The highest BCUT2D eigenvalue weighted by atomic mass is 32.1. The molecular formula is C18H28N2O2S. The van der Waals surface area contributed by atoms with Crippen LogP contribution in [0, 0.1) is 5.92 Å². The summed E-state index contributed by atoms with van der Waals surface area (Å²) in [5.41, 5.74) is -0.728. The van der Waals surface area contributed by atoms with Crippen LogP contribution in [0.4, 0.5) is 0 Å². The Morgan fingerprint density at radius 3 is 2.74 bits per heavy atom. The van der Waals surface area contributed by atoms with Gasteiger partial charge in [0, 0.05) is 18.0 Å². The van der Waals surface area contributed by atoms with Gasteiger partial charge in [-0.05, 0) is 56.1 Å². The predicted molar refractivity (Wildman–Crippen MR) is 93.4 cm³/mol. The zero-order valence-corrected chi connectivity index (χ0v) is 14.6. The van der Waals surface area contributed by atoms with Crippen LogP contribution in [-0.4, -0.2) is 41.1 Å². The van der Waals surface area contributed by atoms with Crippen LogP contribution in [-0.2, 0) is 11.3 Å². The molecule has 1 aliphatic heterocycles. The van der Waals surface area contributed by atoms with Crippen molar-refractivity contribution in [2.45, 2.75) is 57.1 Å². The monoisotopic (exact) mass is 336 g/mol. The minimum atomic E-state index is -0.728. The van der Waals surface area contributed by atoms with E-state index in [1.807, 2.05) is 11.3 Å². The molecule has 1 aliphatic carbocycles. The summed E-state index contributed by atoms with van der Waals surface area (Å²) in [7, 11) is 0. The van der Waals surface area contributed by atoms with Crippen LogP contribution in [0.25, 0.3) is 0 Å². The summed E-state index contributed by atoms with van der Waals surface area (Å²) in [6.07, 6.45) is 6.23. The molecule has 0 atom stereocenters. The van der Waals surface area contributed by atoms with E-state index in [1.54, 1.807) is 0 Å². The van der Waals surface area contributed by atoms with Crippen LogP contribution in [0.3, 0.4) is 0 Å². The Morgan fingerprint density at radius 1 is 1.35 bits per heavy atom. The van der Waals surface area contributed by atoms with Gasteiger partial charge in [0.15, 0.2) is 0 Å². The Labute approximate surface area is 142 Å². The number of carbonyl (C=O) groups excluding carboxylic acids is 1. The topological polar surface area (TPSA) is 52.6 Å². The van der Waals surface area contributed by atoms with E-state index in [1.165, 1.54) is 4.88 Å². The van der Waals surface area contributed by atoms with E-state index in [0.29, 0.717) is 5.92 Å². The molecule has 5 heteroatoms. The van der Waals surface area contributed by atoms with Crippen LogP contribution in [0.15, 0.2) is 17.5 Å². The smallest absolute Gasteiger partial charge is 0.222 e. The maximum atomic E-state index is 12.0. The number of likely N-dealkylation sites (tertiary alicyclic amines) is 1. The molecule has 128 valence electrons. The number of nitrogens with zero attached hydrogens (tertiary/aromatic N) is 1. The molecule has 1 saturated heterocycles. The van der Waals surface area contributed by atoms with Crippen molar-refractivity contribution in [3.63, 3.8) is 0 Å². The van der Waals surface area contributed by atoms with Crippen LogP contribution in [0.5, 0.6) is 0 Å². The standard InChI is InChI=1S/C18H28N2O2S/c21-17(12-18(22)7-1-2-8-18)19-13-15-5-9-20(10-6-15)14-16-4-3-11-23-16/h3-4,11,15,22H,1-2,5-10,12-14H2,(H,19,21). The second-order valence-electron chi connectivity index (χ2n) is 7.21. The Kier molecular flexibility index (Phi) is 5.72. The van der Waals surface area contributed by atoms with Crippen molar-refractivity contribution in [3.05, 3.63) is 22.4 Å². The second-order valence-corrected chi connectivity index (χ2v) is 8.24. The summed E-state index contributed by atoms with van der Waals surface area (Å²) in [6.45, 7) is 4.05. The van der Waals surface area contributed by atoms with Crippen LogP contribution in [0.2, 0.25) is 0 Å². The molecule has 0 unspecified atom stereocenters. The largest absolute Gasteiger partial charge is 0.389 e. The van der Waals surface area contributed by atoms with Crippen LogP contribution in [0.1, 0.15) is 49.8 Å². The first kappa shape index (κ1) is 16.9. The Hall–Kier alpha value is -0.910. The number of piperidine rings is 1. The summed E-state index contributed by atoms with van der Waals surface area (Å²) in [5.74, 6) is 0.604. The van der Waals surface area contributed by atoms with Gasteiger partial charge in [0.1, 0.15) is 0 Å². The van der Waals surface area contributed by atoms with E-state index in [4.69, 9.17) is 0 Å². The SMILES string of the molecule is O=C(CC1(O)CCCC1)NCC1CCN(Cc2cccs2)CC1. The summed E-state index contributed by atoms with van der Waals surface area (Å²) in [6, 6.07) is 4.31. The molecule has 2 aliphatic rings. The van der Waals surface area contributed by atoms with Gasteiger partial charge in [-0.3, -0.25) is 9.69 Å². The molecule has 2 N–H and O–H groups in total. The van der Waals surface area contributed by atoms with Crippen molar-refractivity contribution < 1.29 is 9.90 Å². The van der Waals surface area contributed by atoms with Crippen molar-refractivity contribution >= 4 is 17.2 Å².